The van der Waals surface area contributed by atoms with Crippen molar-refractivity contribution in [2.24, 2.45) is 5.92 Å². The van der Waals surface area contributed by atoms with Crippen LogP contribution in [0, 0.1) is 5.92 Å². The van der Waals surface area contributed by atoms with Crippen LogP contribution in [0.15, 0.2) is 0 Å². The first-order valence-corrected chi connectivity index (χ1v) is 6.64. The molecular weight excluding hydrogens is 220 g/mol. The average molecular weight is 244 g/mol. The normalized spacial score (nSPS) is 21.8. The molecule has 0 aromatic heterocycles. The van der Waals surface area contributed by atoms with Crippen LogP contribution in [0.3, 0.4) is 0 Å². The summed E-state index contributed by atoms with van der Waals surface area (Å²) in [5, 5.41) is 0. The standard InChI is InChI=1S/C13H24O4/c1-4-15-13(16-5-2,17-6-3)11-9-7-8-10-12(11)14/h11H,4-10H2,1-3H3. The van der Waals surface area contributed by atoms with Crippen LogP contribution in [0.4, 0.5) is 0 Å². The average Bonchev–Trinajstić information content (AvgIpc) is 2.30. The van der Waals surface area contributed by atoms with Crippen LogP contribution in [0.5, 0.6) is 0 Å². The molecule has 100 valence electrons. The van der Waals surface area contributed by atoms with E-state index in [0.29, 0.717) is 26.2 Å². The van der Waals surface area contributed by atoms with Gasteiger partial charge in [-0.05, 0) is 33.6 Å². The smallest absolute Gasteiger partial charge is 0.293 e. The molecule has 1 saturated carbocycles. The summed E-state index contributed by atoms with van der Waals surface area (Å²) in [5.74, 6) is -1.24. The summed E-state index contributed by atoms with van der Waals surface area (Å²) in [6, 6.07) is 0. The zero-order chi connectivity index (χ0) is 12.7. The molecule has 0 saturated heterocycles. The van der Waals surface area contributed by atoms with Crippen LogP contribution >= 0.6 is 0 Å². The zero-order valence-corrected chi connectivity index (χ0v) is 11.2. The van der Waals surface area contributed by atoms with Crippen LogP contribution in [0.25, 0.3) is 0 Å². The number of hydrogen-bond acceptors (Lipinski definition) is 4. The van der Waals surface area contributed by atoms with Gasteiger partial charge in [0.2, 0.25) is 0 Å². The molecule has 0 aliphatic heterocycles. The summed E-state index contributed by atoms with van der Waals surface area (Å²) < 4.78 is 17.0. The predicted molar refractivity (Wildman–Crippen MR) is 64.6 cm³/mol. The monoisotopic (exact) mass is 244 g/mol. The maximum atomic E-state index is 12.0. The molecule has 17 heavy (non-hydrogen) atoms. The Kier molecular flexibility index (Phi) is 6.09. The van der Waals surface area contributed by atoms with Gasteiger partial charge < -0.3 is 14.2 Å². The fraction of sp³-hybridized carbons (Fsp3) is 0.923. The Morgan fingerprint density at radius 1 is 1.06 bits per heavy atom. The fourth-order valence-corrected chi connectivity index (χ4v) is 2.39. The summed E-state index contributed by atoms with van der Waals surface area (Å²) >= 11 is 0. The highest BCUT2D eigenvalue weighted by Crippen LogP contribution is 2.35. The molecule has 0 aromatic rings. The van der Waals surface area contributed by atoms with Gasteiger partial charge in [-0.15, -0.1) is 0 Å². The third-order valence-corrected chi connectivity index (χ3v) is 3.02. The maximum Gasteiger partial charge on any atom is 0.293 e. The van der Waals surface area contributed by atoms with Crippen molar-refractivity contribution >= 4 is 5.78 Å². The minimum Gasteiger partial charge on any atom is -0.327 e. The number of hydrogen-bond donors (Lipinski definition) is 0. The SMILES string of the molecule is CCOC(OCC)(OCC)C1CCCCC1=O. The number of rotatable bonds is 7. The Bertz CT molecular complexity index is 223. The van der Waals surface area contributed by atoms with E-state index in [1.54, 1.807) is 0 Å². The minimum atomic E-state index is -1.16. The summed E-state index contributed by atoms with van der Waals surface area (Å²) in [6.45, 7) is 7.09. The van der Waals surface area contributed by atoms with Crippen molar-refractivity contribution in [1.82, 2.24) is 0 Å². The van der Waals surface area contributed by atoms with Gasteiger partial charge in [-0.25, -0.2) is 0 Å². The molecule has 1 aliphatic rings. The first kappa shape index (κ1) is 14.6. The van der Waals surface area contributed by atoms with Gasteiger partial charge in [-0.2, -0.15) is 0 Å². The molecular formula is C13H24O4. The lowest BCUT2D eigenvalue weighted by Crippen LogP contribution is -2.50. The Balaban J connectivity index is 2.87. The molecule has 1 fully saturated rings. The second kappa shape index (κ2) is 7.09. The van der Waals surface area contributed by atoms with Crippen LogP contribution < -0.4 is 0 Å². The van der Waals surface area contributed by atoms with E-state index in [1.807, 2.05) is 20.8 Å². The molecule has 1 rings (SSSR count). The van der Waals surface area contributed by atoms with E-state index in [-0.39, 0.29) is 11.7 Å². The van der Waals surface area contributed by atoms with Crippen molar-refractivity contribution in [3.63, 3.8) is 0 Å². The van der Waals surface area contributed by atoms with E-state index in [9.17, 15) is 4.79 Å². The minimum absolute atomic E-state index is 0.201. The number of ether oxygens (including phenoxy) is 3. The van der Waals surface area contributed by atoms with E-state index in [4.69, 9.17) is 14.2 Å². The highest BCUT2D eigenvalue weighted by molar-refractivity contribution is 5.82. The number of Topliss-reactive ketones (excluding diaryl/α,β-unsaturated/α-hetero) is 1. The van der Waals surface area contributed by atoms with Crippen LogP contribution in [0.2, 0.25) is 0 Å². The molecule has 0 radical (unpaired) electrons. The molecule has 0 heterocycles. The highest BCUT2D eigenvalue weighted by Gasteiger charge is 2.46. The Morgan fingerprint density at radius 3 is 2.00 bits per heavy atom. The largest absolute Gasteiger partial charge is 0.327 e. The van der Waals surface area contributed by atoms with Gasteiger partial charge in [0, 0.05) is 26.2 Å². The van der Waals surface area contributed by atoms with Gasteiger partial charge in [0.15, 0.2) is 0 Å². The molecule has 1 aliphatic carbocycles. The first-order chi connectivity index (χ1) is 8.20. The predicted octanol–water partition coefficient (Wildman–Crippen LogP) is 2.51. The molecule has 0 amide bonds. The third-order valence-electron chi connectivity index (χ3n) is 3.02. The van der Waals surface area contributed by atoms with E-state index in [1.165, 1.54) is 0 Å². The lowest BCUT2D eigenvalue weighted by Gasteiger charge is -2.39. The Labute approximate surface area is 104 Å². The van der Waals surface area contributed by atoms with E-state index >= 15 is 0 Å². The van der Waals surface area contributed by atoms with Gasteiger partial charge >= 0.3 is 0 Å². The van der Waals surface area contributed by atoms with Gasteiger partial charge in [0.1, 0.15) is 5.78 Å². The van der Waals surface area contributed by atoms with Crippen molar-refractivity contribution in [3.8, 4) is 0 Å². The third kappa shape index (κ3) is 3.50. The molecule has 4 nitrogen and oxygen atoms in total. The fourth-order valence-electron chi connectivity index (χ4n) is 2.39. The summed E-state index contributed by atoms with van der Waals surface area (Å²) in [7, 11) is 0. The van der Waals surface area contributed by atoms with Gasteiger partial charge in [-0.3, -0.25) is 4.79 Å². The number of carbonyl (C=O) groups excluding carboxylic acids is 1. The molecule has 1 unspecified atom stereocenters. The first-order valence-electron chi connectivity index (χ1n) is 6.64. The van der Waals surface area contributed by atoms with Crippen LogP contribution in [0.1, 0.15) is 46.5 Å². The molecule has 1 atom stereocenters. The lowest BCUT2D eigenvalue weighted by molar-refractivity contribution is -0.396. The van der Waals surface area contributed by atoms with Crippen molar-refractivity contribution in [2.45, 2.75) is 52.4 Å². The highest BCUT2D eigenvalue weighted by atomic mass is 16.9. The summed E-state index contributed by atoms with van der Waals surface area (Å²) in [5.41, 5.74) is 0. The molecule has 0 spiro atoms. The van der Waals surface area contributed by atoms with Crippen LogP contribution in [-0.4, -0.2) is 31.6 Å². The van der Waals surface area contributed by atoms with Crippen molar-refractivity contribution in [2.75, 3.05) is 19.8 Å². The van der Waals surface area contributed by atoms with Gasteiger partial charge in [0.25, 0.3) is 5.97 Å². The lowest BCUT2D eigenvalue weighted by atomic mass is 9.86. The van der Waals surface area contributed by atoms with E-state index in [0.717, 1.165) is 19.3 Å². The topological polar surface area (TPSA) is 44.8 Å². The van der Waals surface area contributed by atoms with Crippen LogP contribution in [-0.2, 0) is 19.0 Å². The van der Waals surface area contributed by atoms with Gasteiger partial charge in [0.05, 0.1) is 5.92 Å². The van der Waals surface area contributed by atoms with E-state index in [2.05, 4.69) is 0 Å². The quantitative estimate of drug-likeness (QED) is 0.645. The molecule has 0 bridgehead atoms. The number of ketones is 1. The molecule has 0 aromatic carbocycles. The summed E-state index contributed by atoms with van der Waals surface area (Å²) in [6.07, 6.45) is 3.40. The summed E-state index contributed by atoms with van der Waals surface area (Å²) in [4.78, 5) is 12.0. The molecule has 0 N–H and O–H groups in total. The molecule has 4 heteroatoms. The van der Waals surface area contributed by atoms with Crippen molar-refractivity contribution in [1.29, 1.82) is 0 Å². The Morgan fingerprint density at radius 2 is 1.59 bits per heavy atom. The second-order valence-electron chi connectivity index (χ2n) is 4.17. The maximum absolute atomic E-state index is 12.0. The Hall–Kier alpha value is -0.450. The second-order valence-corrected chi connectivity index (χ2v) is 4.17. The number of carbonyl (C=O) groups is 1. The van der Waals surface area contributed by atoms with Crippen molar-refractivity contribution < 1.29 is 19.0 Å². The zero-order valence-electron chi connectivity index (χ0n) is 11.2. The van der Waals surface area contributed by atoms with Crippen molar-refractivity contribution in [3.05, 3.63) is 0 Å². The van der Waals surface area contributed by atoms with E-state index < -0.39 is 5.97 Å². The van der Waals surface area contributed by atoms with Gasteiger partial charge in [-0.1, -0.05) is 6.42 Å².